The summed E-state index contributed by atoms with van der Waals surface area (Å²) in [7, 11) is 1.50. The van der Waals surface area contributed by atoms with Gasteiger partial charge in [0.25, 0.3) is 5.91 Å². The first-order chi connectivity index (χ1) is 12.3. The number of halogens is 3. The fourth-order valence-electron chi connectivity index (χ4n) is 2.37. The van der Waals surface area contributed by atoms with Crippen LogP contribution in [0.5, 0.6) is 5.75 Å². The van der Waals surface area contributed by atoms with E-state index in [2.05, 4.69) is 4.99 Å². The van der Waals surface area contributed by atoms with Crippen molar-refractivity contribution in [2.24, 2.45) is 4.99 Å². The molecule has 7 heteroatoms. The van der Waals surface area contributed by atoms with Gasteiger partial charge in [-0.05, 0) is 47.5 Å². The van der Waals surface area contributed by atoms with Crippen LogP contribution < -0.4 is 0 Å². The molecule has 0 aliphatic carbocycles. The number of aliphatic imine (C=N–C) groups is 1. The Labute approximate surface area is 147 Å². The summed E-state index contributed by atoms with van der Waals surface area (Å²) in [6.45, 7) is 0. The molecule has 1 aliphatic heterocycles. The van der Waals surface area contributed by atoms with Crippen molar-refractivity contribution in [2.45, 2.75) is 0 Å². The number of amidine groups is 1. The minimum Gasteiger partial charge on any atom is -0.503 e. The summed E-state index contributed by atoms with van der Waals surface area (Å²) < 4.78 is 40.0. The van der Waals surface area contributed by atoms with Gasteiger partial charge < -0.3 is 5.11 Å². The summed E-state index contributed by atoms with van der Waals surface area (Å²) in [4.78, 5) is 17.6. The molecule has 3 rings (SSSR count). The van der Waals surface area contributed by atoms with E-state index in [0.717, 1.165) is 12.1 Å². The van der Waals surface area contributed by atoms with Gasteiger partial charge in [0.15, 0.2) is 17.4 Å². The van der Waals surface area contributed by atoms with E-state index in [4.69, 9.17) is 5.11 Å². The Balaban J connectivity index is 1.91. The zero-order valence-corrected chi connectivity index (χ0v) is 13.6. The topological polar surface area (TPSA) is 52.9 Å². The van der Waals surface area contributed by atoms with Crippen LogP contribution in [-0.2, 0) is 4.79 Å². The van der Waals surface area contributed by atoms with Crippen molar-refractivity contribution in [1.82, 2.24) is 4.90 Å². The van der Waals surface area contributed by atoms with Crippen LogP contribution in [0.3, 0.4) is 0 Å². The molecule has 0 atom stereocenters. The molecule has 0 fully saturated rings. The number of phenolic OH excluding ortho intramolecular Hbond substituents is 1. The molecular weight excluding hydrogens is 345 g/mol. The van der Waals surface area contributed by atoms with Crippen LogP contribution in [0.25, 0.3) is 12.2 Å². The second-order valence-electron chi connectivity index (χ2n) is 5.59. The van der Waals surface area contributed by atoms with Crippen LogP contribution in [0, 0.1) is 17.5 Å². The van der Waals surface area contributed by atoms with Crippen molar-refractivity contribution in [3.63, 3.8) is 0 Å². The maximum atomic E-state index is 13.4. The predicted octanol–water partition coefficient (Wildman–Crippen LogP) is 3.73. The largest absolute Gasteiger partial charge is 0.503 e. The van der Waals surface area contributed by atoms with Gasteiger partial charge in [-0.25, -0.2) is 18.2 Å². The highest BCUT2D eigenvalue weighted by Crippen LogP contribution is 2.24. The van der Waals surface area contributed by atoms with Gasteiger partial charge in [0.05, 0.1) is 0 Å². The Kier molecular flexibility index (Phi) is 4.62. The SMILES string of the molecule is CN1C(=O)/C(=C\c2cc(F)c(O)c(F)c2)N=C1/C=C/c1cccc(F)c1. The first-order valence-corrected chi connectivity index (χ1v) is 7.55. The van der Waals surface area contributed by atoms with E-state index in [1.807, 2.05) is 0 Å². The molecule has 1 amide bonds. The van der Waals surface area contributed by atoms with Gasteiger partial charge in [0.1, 0.15) is 17.3 Å². The van der Waals surface area contributed by atoms with Gasteiger partial charge in [-0.15, -0.1) is 0 Å². The molecule has 0 saturated heterocycles. The molecule has 4 nitrogen and oxygen atoms in total. The Morgan fingerprint density at radius 2 is 1.73 bits per heavy atom. The average Bonchev–Trinajstić information content (AvgIpc) is 2.86. The number of likely N-dealkylation sites (N-methyl/N-ethyl adjacent to an activating group) is 1. The Morgan fingerprint density at radius 1 is 1.04 bits per heavy atom. The zero-order valence-electron chi connectivity index (χ0n) is 13.6. The van der Waals surface area contributed by atoms with Crippen molar-refractivity contribution in [3.8, 4) is 5.75 Å². The molecule has 0 bridgehead atoms. The second kappa shape index (κ2) is 6.87. The third kappa shape index (κ3) is 3.51. The van der Waals surface area contributed by atoms with E-state index >= 15 is 0 Å². The molecule has 0 unspecified atom stereocenters. The third-order valence-electron chi connectivity index (χ3n) is 3.72. The summed E-state index contributed by atoms with van der Waals surface area (Å²) in [5, 5.41) is 9.12. The average molecular weight is 358 g/mol. The van der Waals surface area contributed by atoms with Gasteiger partial charge in [0, 0.05) is 7.05 Å². The minimum absolute atomic E-state index is 0.0177. The fraction of sp³-hybridized carbons (Fsp3) is 0.0526. The van der Waals surface area contributed by atoms with Gasteiger partial charge in [0.2, 0.25) is 0 Å². The zero-order chi connectivity index (χ0) is 18.8. The van der Waals surface area contributed by atoms with E-state index < -0.39 is 23.3 Å². The van der Waals surface area contributed by atoms with Crippen LogP contribution in [0.2, 0.25) is 0 Å². The molecule has 0 radical (unpaired) electrons. The van der Waals surface area contributed by atoms with Crippen LogP contribution in [-0.4, -0.2) is 28.8 Å². The summed E-state index contributed by atoms with van der Waals surface area (Å²) in [5.74, 6) is -3.90. The quantitative estimate of drug-likeness (QED) is 0.850. The lowest BCUT2D eigenvalue weighted by atomic mass is 10.1. The van der Waals surface area contributed by atoms with Crippen molar-refractivity contribution in [3.05, 3.63) is 76.7 Å². The Hall–Kier alpha value is -3.35. The number of benzene rings is 2. The second-order valence-corrected chi connectivity index (χ2v) is 5.59. The number of hydrogen-bond donors (Lipinski definition) is 1. The van der Waals surface area contributed by atoms with Crippen LogP contribution in [0.1, 0.15) is 11.1 Å². The number of carbonyl (C=O) groups is 1. The van der Waals surface area contributed by atoms with Gasteiger partial charge in [-0.1, -0.05) is 18.2 Å². The van der Waals surface area contributed by atoms with Crippen molar-refractivity contribution in [1.29, 1.82) is 0 Å². The maximum Gasteiger partial charge on any atom is 0.277 e. The summed E-state index contributed by atoms with van der Waals surface area (Å²) >= 11 is 0. The lowest BCUT2D eigenvalue weighted by Gasteiger charge is -2.07. The lowest BCUT2D eigenvalue weighted by molar-refractivity contribution is -0.121. The van der Waals surface area contributed by atoms with Crippen molar-refractivity contribution in [2.75, 3.05) is 7.05 Å². The molecule has 2 aromatic rings. The highest BCUT2D eigenvalue weighted by Gasteiger charge is 2.25. The van der Waals surface area contributed by atoms with E-state index in [9.17, 15) is 18.0 Å². The number of carbonyl (C=O) groups excluding carboxylic acids is 1. The molecule has 1 heterocycles. The number of rotatable bonds is 3. The summed E-state index contributed by atoms with van der Waals surface area (Å²) in [5.41, 5.74) is 0.623. The van der Waals surface area contributed by atoms with Gasteiger partial charge in [-0.3, -0.25) is 9.69 Å². The monoisotopic (exact) mass is 358 g/mol. The van der Waals surface area contributed by atoms with Crippen LogP contribution in [0.4, 0.5) is 13.2 Å². The molecule has 1 N–H and O–H groups in total. The Bertz CT molecular complexity index is 957. The molecule has 1 aliphatic rings. The molecule has 132 valence electrons. The first kappa shape index (κ1) is 17.5. The number of aromatic hydroxyl groups is 1. The standard InChI is InChI=1S/C19H13F3N2O2/c1-24-17(6-5-11-3-2-4-13(20)7-11)23-16(19(24)26)10-12-8-14(21)18(25)15(22)9-12/h2-10,25H,1H3/b6-5+,16-10+. The number of hydrogen-bond acceptors (Lipinski definition) is 3. The molecular formula is C19H13F3N2O2. The van der Waals surface area contributed by atoms with E-state index in [1.165, 1.54) is 36.2 Å². The number of nitrogens with zero attached hydrogens (tertiary/aromatic N) is 2. The normalized spacial score (nSPS) is 16.0. The van der Waals surface area contributed by atoms with Gasteiger partial charge >= 0.3 is 0 Å². The number of phenols is 1. The molecule has 2 aromatic carbocycles. The molecule has 26 heavy (non-hydrogen) atoms. The fourth-order valence-corrected chi connectivity index (χ4v) is 2.37. The van der Waals surface area contributed by atoms with Crippen molar-refractivity contribution < 1.29 is 23.1 Å². The van der Waals surface area contributed by atoms with Gasteiger partial charge in [-0.2, -0.15) is 0 Å². The number of amides is 1. The first-order valence-electron chi connectivity index (χ1n) is 7.55. The highest BCUT2D eigenvalue weighted by atomic mass is 19.1. The third-order valence-corrected chi connectivity index (χ3v) is 3.72. The van der Waals surface area contributed by atoms with Crippen LogP contribution >= 0.6 is 0 Å². The minimum atomic E-state index is -1.13. The summed E-state index contributed by atoms with van der Waals surface area (Å²) in [6.07, 6.45) is 4.34. The highest BCUT2D eigenvalue weighted by molar-refractivity contribution is 6.18. The predicted molar refractivity (Wildman–Crippen MR) is 91.6 cm³/mol. The van der Waals surface area contributed by atoms with E-state index in [-0.39, 0.29) is 17.1 Å². The molecule has 0 spiro atoms. The molecule has 0 aromatic heterocycles. The van der Waals surface area contributed by atoms with E-state index in [1.54, 1.807) is 18.2 Å². The smallest absolute Gasteiger partial charge is 0.277 e. The van der Waals surface area contributed by atoms with E-state index in [0.29, 0.717) is 11.4 Å². The van der Waals surface area contributed by atoms with Crippen LogP contribution in [0.15, 0.2) is 53.2 Å². The lowest BCUT2D eigenvalue weighted by Crippen LogP contribution is -2.26. The van der Waals surface area contributed by atoms with Crippen molar-refractivity contribution >= 4 is 23.9 Å². The molecule has 0 saturated carbocycles. The summed E-state index contributed by atoms with van der Waals surface area (Å²) in [6, 6.07) is 7.68. The Morgan fingerprint density at radius 3 is 2.38 bits per heavy atom. The maximum absolute atomic E-state index is 13.4.